The van der Waals surface area contributed by atoms with E-state index in [0.717, 1.165) is 86.4 Å². The summed E-state index contributed by atoms with van der Waals surface area (Å²) in [5, 5.41) is 6.19. The molecule has 8 heteroatoms. The zero-order valence-corrected chi connectivity index (χ0v) is 24.5. The van der Waals surface area contributed by atoms with Crippen LogP contribution in [0.2, 0.25) is 0 Å². The average molecular weight is 547 g/mol. The molecule has 0 radical (unpaired) electrons. The normalized spacial score (nSPS) is 13.6. The number of aryl methyl sites for hydroxylation is 1. The monoisotopic (exact) mass is 546 g/mol. The molecule has 216 valence electrons. The number of anilines is 1. The number of benzene rings is 2. The number of nitrogens with one attached hydrogen (secondary N) is 2. The second-order valence-electron chi connectivity index (χ2n) is 10.8. The number of unbranched alkanes of at least 4 members (excludes halogenated alkanes) is 2. The second-order valence-corrected chi connectivity index (χ2v) is 10.8. The predicted molar refractivity (Wildman–Crippen MR) is 163 cm³/mol. The molecule has 2 N–H and O–H groups in total. The SMILES string of the molecule is CCCCN(CCCC)C(=O)c1ccc2nc(NCc3ccc(C(=O)NC)cc3)n(CCCN3CCCC3)c2c1. The maximum Gasteiger partial charge on any atom is 0.253 e. The molecule has 8 nitrogen and oxygen atoms in total. The van der Waals surface area contributed by atoms with Crippen LogP contribution in [0.5, 0.6) is 0 Å². The van der Waals surface area contributed by atoms with Gasteiger partial charge in [0.25, 0.3) is 11.8 Å². The fraction of sp³-hybridized carbons (Fsp3) is 0.531. The summed E-state index contributed by atoms with van der Waals surface area (Å²) in [6.45, 7) is 10.8. The highest BCUT2D eigenvalue weighted by Gasteiger charge is 2.19. The summed E-state index contributed by atoms with van der Waals surface area (Å²) in [5.74, 6) is 0.831. The lowest BCUT2D eigenvalue weighted by Crippen LogP contribution is -2.33. The number of nitrogens with zero attached hydrogens (tertiary/aromatic N) is 4. The number of amides is 2. The van der Waals surface area contributed by atoms with Crippen molar-refractivity contribution < 1.29 is 9.59 Å². The fourth-order valence-electron chi connectivity index (χ4n) is 5.37. The average Bonchev–Trinajstić information content (AvgIpc) is 3.63. The van der Waals surface area contributed by atoms with Crippen LogP contribution in [0.1, 0.15) is 85.1 Å². The van der Waals surface area contributed by atoms with Gasteiger partial charge in [-0.3, -0.25) is 9.59 Å². The minimum absolute atomic E-state index is 0.0902. The molecule has 1 aliphatic heterocycles. The summed E-state index contributed by atoms with van der Waals surface area (Å²) in [6, 6.07) is 13.6. The van der Waals surface area contributed by atoms with E-state index in [1.165, 1.54) is 25.9 Å². The number of hydrogen-bond acceptors (Lipinski definition) is 5. The molecule has 1 aromatic heterocycles. The minimum atomic E-state index is -0.0902. The van der Waals surface area contributed by atoms with Gasteiger partial charge in [-0.25, -0.2) is 4.98 Å². The molecule has 2 aromatic carbocycles. The lowest BCUT2D eigenvalue weighted by Gasteiger charge is -2.22. The van der Waals surface area contributed by atoms with Crippen LogP contribution in [-0.2, 0) is 13.1 Å². The van der Waals surface area contributed by atoms with E-state index in [4.69, 9.17) is 4.98 Å². The molecule has 2 heterocycles. The maximum atomic E-state index is 13.6. The Morgan fingerprint density at radius 3 is 2.23 bits per heavy atom. The van der Waals surface area contributed by atoms with Gasteiger partial charge in [0.2, 0.25) is 5.95 Å². The van der Waals surface area contributed by atoms with E-state index in [2.05, 4.69) is 33.9 Å². The molecule has 0 bridgehead atoms. The molecule has 3 aromatic rings. The van der Waals surface area contributed by atoms with Crippen LogP contribution in [0, 0.1) is 0 Å². The van der Waals surface area contributed by atoms with Gasteiger partial charge >= 0.3 is 0 Å². The van der Waals surface area contributed by atoms with Gasteiger partial charge in [-0.2, -0.15) is 0 Å². The van der Waals surface area contributed by atoms with Crippen molar-refractivity contribution in [3.8, 4) is 0 Å². The molecule has 1 aliphatic rings. The summed E-state index contributed by atoms with van der Waals surface area (Å²) in [7, 11) is 1.64. The van der Waals surface area contributed by atoms with Crippen LogP contribution in [0.3, 0.4) is 0 Å². The molecule has 0 atom stereocenters. The van der Waals surface area contributed by atoms with Gasteiger partial charge in [0, 0.05) is 44.4 Å². The van der Waals surface area contributed by atoms with Crippen molar-refractivity contribution in [1.29, 1.82) is 0 Å². The zero-order chi connectivity index (χ0) is 28.3. The van der Waals surface area contributed by atoms with Crippen LogP contribution in [0.25, 0.3) is 11.0 Å². The second kappa shape index (κ2) is 14.8. The molecule has 4 rings (SSSR count). The first kappa shape index (κ1) is 29.6. The third kappa shape index (κ3) is 7.62. The van der Waals surface area contributed by atoms with E-state index in [1.807, 2.05) is 47.4 Å². The van der Waals surface area contributed by atoms with E-state index in [-0.39, 0.29) is 11.8 Å². The summed E-state index contributed by atoms with van der Waals surface area (Å²) in [4.78, 5) is 34.9. The number of carbonyl (C=O) groups is 2. The summed E-state index contributed by atoms with van der Waals surface area (Å²) < 4.78 is 2.24. The van der Waals surface area contributed by atoms with Crippen molar-refractivity contribution in [1.82, 2.24) is 24.7 Å². The molecular formula is C32H46N6O2. The molecular weight excluding hydrogens is 500 g/mol. The van der Waals surface area contributed by atoms with Crippen LogP contribution < -0.4 is 10.6 Å². The summed E-state index contributed by atoms with van der Waals surface area (Å²) in [6.07, 6.45) is 7.78. The van der Waals surface area contributed by atoms with Crippen molar-refractivity contribution in [2.75, 3.05) is 45.1 Å². The Hall–Kier alpha value is -3.39. The highest BCUT2D eigenvalue weighted by atomic mass is 16.2. The summed E-state index contributed by atoms with van der Waals surface area (Å²) in [5.41, 5.74) is 4.34. The third-order valence-corrected chi connectivity index (χ3v) is 7.79. The number of hydrogen-bond donors (Lipinski definition) is 2. The maximum absolute atomic E-state index is 13.6. The Labute approximate surface area is 239 Å². The number of rotatable bonds is 15. The largest absolute Gasteiger partial charge is 0.355 e. The van der Waals surface area contributed by atoms with Gasteiger partial charge in [-0.15, -0.1) is 0 Å². The van der Waals surface area contributed by atoms with Crippen molar-refractivity contribution >= 4 is 28.8 Å². The molecule has 1 fully saturated rings. The zero-order valence-electron chi connectivity index (χ0n) is 24.5. The molecule has 40 heavy (non-hydrogen) atoms. The standard InChI is InChI=1S/C32H46N6O2/c1-4-6-20-37(21-7-5-2)31(40)27-15-16-28-29(23-27)38(22-10-19-36-17-8-9-18-36)32(35-28)34-24-25-11-13-26(14-12-25)30(39)33-3/h11-16,23H,4-10,17-22,24H2,1-3H3,(H,33,39)(H,34,35). The predicted octanol–water partition coefficient (Wildman–Crippen LogP) is 5.54. The van der Waals surface area contributed by atoms with E-state index in [1.54, 1.807) is 7.05 Å². The van der Waals surface area contributed by atoms with Gasteiger partial charge in [-0.05, 0) is 87.6 Å². The first-order valence-corrected chi connectivity index (χ1v) is 15.1. The van der Waals surface area contributed by atoms with Crippen molar-refractivity contribution in [3.05, 3.63) is 59.2 Å². The van der Waals surface area contributed by atoms with E-state index >= 15 is 0 Å². The third-order valence-electron chi connectivity index (χ3n) is 7.79. The number of aromatic nitrogens is 2. The number of likely N-dealkylation sites (tertiary alicyclic amines) is 1. The van der Waals surface area contributed by atoms with Crippen LogP contribution in [0.15, 0.2) is 42.5 Å². The Bertz CT molecular complexity index is 1240. The van der Waals surface area contributed by atoms with Crippen LogP contribution >= 0.6 is 0 Å². The van der Waals surface area contributed by atoms with E-state index in [0.29, 0.717) is 12.1 Å². The van der Waals surface area contributed by atoms with E-state index < -0.39 is 0 Å². The highest BCUT2D eigenvalue weighted by molar-refractivity contribution is 5.98. The molecule has 0 saturated carbocycles. The van der Waals surface area contributed by atoms with Gasteiger partial charge in [0.05, 0.1) is 11.0 Å². The minimum Gasteiger partial charge on any atom is -0.355 e. The number of carbonyl (C=O) groups excluding carboxylic acids is 2. The molecule has 0 aliphatic carbocycles. The summed E-state index contributed by atoms with van der Waals surface area (Å²) >= 11 is 0. The lowest BCUT2D eigenvalue weighted by atomic mass is 10.1. The highest BCUT2D eigenvalue weighted by Crippen LogP contribution is 2.24. The molecule has 1 saturated heterocycles. The molecule has 0 unspecified atom stereocenters. The number of imidazole rings is 1. The first-order chi connectivity index (χ1) is 19.5. The quantitative estimate of drug-likeness (QED) is 0.262. The Morgan fingerprint density at radius 2 is 1.57 bits per heavy atom. The molecule has 0 spiro atoms. The topological polar surface area (TPSA) is 82.5 Å². The molecule has 2 amide bonds. The smallest absolute Gasteiger partial charge is 0.253 e. The van der Waals surface area contributed by atoms with Gasteiger partial charge in [0.15, 0.2) is 0 Å². The van der Waals surface area contributed by atoms with Gasteiger partial charge in [-0.1, -0.05) is 38.8 Å². The van der Waals surface area contributed by atoms with Crippen LogP contribution in [-0.4, -0.2) is 70.9 Å². The Kier molecular flexibility index (Phi) is 11.0. The van der Waals surface area contributed by atoms with Crippen molar-refractivity contribution in [2.45, 2.75) is 71.9 Å². The first-order valence-electron chi connectivity index (χ1n) is 15.1. The van der Waals surface area contributed by atoms with E-state index in [9.17, 15) is 9.59 Å². The van der Waals surface area contributed by atoms with Gasteiger partial charge < -0.3 is 25.0 Å². The number of fused-ring (bicyclic) bond motifs is 1. The Morgan fingerprint density at radius 1 is 0.900 bits per heavy atom. The van der Waals surface area contributed by atoms with Crippen molar-refractivity contribution in [2.24, 2.45) is 0 Å². The van der Waals surface area contributed by atoms with Gasteiger partial charge in [0.1, 0.15) is 0 Å². The van der Waals surface area contributed by atoms with Crippen LogP contribution in [0.4, 0.5) is 5.95 Å². The van der Waals surface area contributed by atoms with Crippen molar-refractivity contribution in [3.63, 3.8) is 0 Å². The lowest BCUT2D eigenvalue weighted by molar-refractivity contribution is 0.0751. The fourth-order valence-corrected chi connectivity index (χ4v) is 5.37. The Balaban J connectivity index is 1.56.